The van der Waals surface area contributed by atoms with E-state index in [0.29, 0.717) is 6.04 Å². The number of hydrogen-bond acceptors (Lipinski definition) is 2. The lowest BCUT2D eigenvalue weighted by Gasteiger charge is -2.35. The predicted octanol–water partition coefficient (Wildman–Crippen LogP) is 3.67. The molecule has 18 heavy (non-hydrogen) atoms. The van der Waals surface area contributed by atoms with E-state index in [1.165, 1.54) is 18.9 Å². The molecular weight excluding hydrogens is 227 g/mol. The Hall–Kier alpha value is -1.64. The second kappa shape index (κ2) is 4.56. The van der Waals surface area contributed by atoms with Crippen LogP contribution in [0.5, 0.6) is 0 Å². The van der Waals surface area contributed by atoms with E-state index in [0.717, 1.165) is 17.8 Å². The van der Waals surface area contributed by atoms with Gasteiger partial charge in [-0.15, -0.1) is 0 Å². The Morgan fingerprint density at radius 3 is 2.78 bits per heavy atom. The summed E-state index contributed by atoms with van der Waals surface area (Å²) < 4.78 is 14.0. The fourth-order valence-corrected chi connectivity index (χ4v) is 2.56. The fraction of sp³-hybridized carbons (Fsp3) is 0.400. The van der Waals surface area contributed by atoms with Gasteiger partial charge < -0.3 is 4.90 Å². The summed E-state index contributed by atoms with van der Waals surface area (Å²) in [5.41, 5.74) is 0.751. The minimum absolute atomic E-state index is 0.00569. The predicted molar refractivity (Wildman–Crippen MR) is 70.9 cm³/mol. The molecule has 3 rings (SSSR count). The third-order valence-corrected chi connectivity index (χ3v) is 3.57. The first kappa shape index (κ1) is 11.5. The third-order valence-electron chi connectivity index (χ3n) is 3.57. The van der Waals surface area contributed by atoms with E-state index in [2.05, 4.69) is 16.8 Å². The monoisotopic (exact) mass is 244 g/mol. The molecule has 0 saturated heterocycles. The number of rotatable bonds is 3. The second-order valence-electron chi connectivity index (χ2n) is 4.85. The SMILES string of the molecule is CCC1=NC=C[C@@H](c2ccccc2F)N1C1CC1. The number of hydrogen-bond donors (Lipinski definition) is 0. The van der Waals surface area contributed by atoms with Gasteiger partial charge in [0.1, 0.15) is 11.7 Å². The van der Waals surface area contributed by atoms with Crippen molar-refractivity contribution in [3.05, 3.63) is 47.9 Å². The zero-order valence-electron chi connectivity index (χ0n) is 10.5. The van der Waals surface area contributed by atoms with Gasteiger partial charge in [0.25, 0.3) is 0 Å². The average Bonchev–Trinajstić information content (AvgIpc) is 3.22. The van der Waals surface area contributed by atoms with Crippen molar-refractivity contribution >= 4 is 5.84 Å². The van der Waals surface area contributed by atoms with Crippen molar-refractivity contribution in [2.45, 2.75) is 38.3 Å². The van der Waals surface area contributed by atoms with E-state index in [1.807, 2.05) is 24.4 Å². The van der Waals surface area contributed by atoms with Gasteiger partial charge in [0.15, 0.2) is 0 Å². The van der Waals surface area contributed by atoms with Crippen molar-refractivity contribution in [2.75, 3.05) is 0 Å². The Morgan fingerprint density at radius 2 is 2.11 bits per heavy atom. The first-order chi connectivity index (χ1) is 8.81. The minimum atomic E-state index is -0.129. The summed E-state index contributed by atoms with van der Waals surface area (Å²) in [4.78, 5) is 6.73. The normalized spacial score (nSPS) is 23.1. The van der Waals surface area contributed by atoms with Crippen LogP contribution in [0.15, 0.2) is 41.5 Å². The van der Waals surface area contributed by atoms with E-state index < -0.39 is 0 Å². The largest absolute Gasteiger partial charge is 0.346 e. The summed E-state index contributed by atoms with van der Waals surface area (Å²) in [5.74, 6) is 0.948. The van der Waals surface area contributed by atoms with Crippen molar-refractivity contribution in [2.24, 2.45) is 4.99 Å². The minimum Gasteiger partial charge on any atom is -0.346 e. The van der Waals surface area contributed by atoms with Crippen LogP contribution in [0.25, 0.3) is 0 Å². The quantitative estimate of drug-likeness (QED) is 0.792. The number of halogens is 1. The first-order valence-corrected chi connectivity index (χ1v) is 6.57. The van der Waals surface area contributed by atoms with Gasteiger partial charge >= 0.3 is 0 Å². The number of aliphatic imine (C=N–C) groups is 1. The zero-order chi connectivity index (χ0) is 12.5. The van der Waals surface area contributed by atoms with E-state index in [1.54, 1.807) is 6.07 Å². The molecule has 94 valence electrons. The Kier molecular flexibility index (Phi) is 2.90. The van der Waals surface area contributed by atoms with Gasteiger partial charge in [-0.1, -0.05) is 25.1 Å². The molecule has 1 atom stereocenters. The van der Waals surface area contributed by atoms with Gasteiger partial charge in [0, 0.05) is 24.2 Å². The van der Waals surface area contributed by atoms with Gasteiger partial charge in [-0.3, -0.25) is 0 Å². The third kappa shape index (κ3) is 1.94. The topological polar surface area (TPSA) is 15.6 Å². The lowest BCUT2D eigenvalue weighted by atomic mass is 10.0. The van der Waals surface area contributed by atoms with Crippen molar-refractivity contribution < 1.29 is 4.39 Å². The van der Waals surface area contributed by atoms with Crippen LogP contribution < -0.4 is 0 Å². The molecular formula is C15H17FN2. The number of nitrogens with zero attached hydrogens (tertiary/aromatic N) is 2. The van der Waals surface area contributed by atoms with Crippen LogP contribution in [0.1, 0.15) is 37.8 Å². The molecule has 1 aromatic rings. The Bertz CT molecular complexity index is 503. The summed E-state index contributed by atoms with van der Waals surface area (Å²) in [7, 11) is 0. The molecule has 0 unspecified atom stereocenters. The molecule has 2 aliphatic rings. The lowest BCUT2D eigenvalue weighted by Crippen LogP contribution is -2.37. The molecule has 1 saturated carbocycles. The van der Waals surface area contributed by atoms with Crippen LogP contribution >= 0.6 is 0 Å². The molecule has 1 aliphatic carbocycles. The zero-order valence-corrected chi connectivity index (χ0v) is 10.5. The van der Waals surface area contributed by atoms with Crippen LogP contribution in [0, 0.1) is 5.82 Å². The van der Waals surface area contributed by atoms with Gasteiger partial charge in [-0.05, 0) is 25.0 Å². The highest BCUT2D eigenvalue weighted by atomic mass is 19.1. The second-order valence-corrected chi connectivity index (χ2v) is 4.85. The Morgan fingerprint density at radius 1 is 1.33 bits per heavy atom. The molecule has 1 fully saturated rings. The number of amidine groups is 1. The molecule has 0 radical (unpaired) electrons. The van der Waals surface area contributed by atoms with Crippen molar-refractivity contribution in [3.63, 3.8) is 0 Å². The van der Waals surface area contributed by atoms with Gasteiger partial charge in [0.2, 0.25) is 0 Å². The molecule has 3 heteroatoms. The fourth-order valence-electron chi connectivity index (χ4n) is 2.56. The average molecular weight is 244 g/mol. The number of benzene rings is 1. The Labute approximate surface area is 107 Å². The molecule has 0 spiro atoms. The maximum atomic E-state index is 14.0. The summed E-state index contributed by atoms with van der Waals surface area (Å²) in [5, 5.41) is 0. The lowest BCUT2D eigenvalue weighted by molar-refractivity contribution is 0.336. The van der Waals surface area contributed by atoms with E-state index in [9.17, 15) is 4.39 Å². The molecule has 1 heterocycles. The van der Waals surface area contributed by atoms with Crippen LogP contribution in [-0.2, 0) is 0 Å². The first-order valence-electron chi connectivity index (χ1n) is 6.57. The van der Waals surface area contributed by atoms with Crippen LogP contribution in [-0.4, -0.2) is 16.8 Å². The molecule has 0 aromatic heterocycles. The maximum absolute atomic E-state index is 14.0. The molecule has 0 amide bonds. The highest BCUT2D eigenvalue weighted by molar-refractivity contribution is 5.84. The Balaban J connectivity index is 1.98. The van der Waals surface area contributed by atoms with Crippen LogP contribution in [0.3, 0.4) is 0 Å². The molecule has 0 N–H and O–H groups in total. The van der Waals surface area contributed by atoms with E-state index >= 15 is 0 Å². The molecule has 0 bridgehead atoms. The van der Waals surface area contributed by atoms with E-state index in [-0.39, 0.29) is 11.9 Å². The van der Waals surface area contributed by atoms with Crippen LogP contribution in [0.4, 0.5) is 4.39 Å². The molecule has 1 aromatic carbocycles. The molecule has 2 nitrogen and oxygen atoms in total. The smallest absolute Gasteiger partial charge is 0.128 e. The van der Waals surface area contributed by atoms with Crippen molar-refractivity contribution in [3.8, 4) is 0 Å². The summed E-state index contributed by atoms with van der Waals surface area (Å²) in [6.45, 7) is 2.10. The van der Waals surface area contributed by atoms with Crippen molar-refractivity contribution in [1.82, 2.24) is 4.90 Å². The van der Waals surface area contributed by atoms with Gasteiger partial charge in [-0.2, -0.15) is 0 Å². The van der Waals surface area contributed by atoms with Gasteiger partial charge in [0.05, 0.1) is 6.04 Å². The summed E-state index contributed by atoms with van der Waals surface area (Å²) >= 11 is 0. The van der Waals surface area contributed by atoms with Gasteiger partial charge in [-0.25, -0.2) is 9.38 Å². The molecule has 1 aliphatic heterocycles. The standard InChI is InChI=1S/C15H17FN2/c1-2-15-17-10-9-14(18(15)11-7-8-11)12-5-3-4-6-13(12)16/h3-6,9-11,14H,2,7-8H2,1H3/t14-/m0/s1. The maximum Gasteiger partial charge on any atom is 0.128 e. The highest BCUT2D eigenvalue weighted by Gasteiger charge is 2.37. The highest BCUT2D eigenvalue weighted by Crippen LogP contribution is 2.38. The summed E-state index contributed by atoms with van der Waals surface area (Å²) in [6, 6.07) is 7.59. The van der Waals surface area contributed by atoms with Crippen LogP contribution in [0.2, 0.25) is 0 Å². The van der Waals surface area contributed by atoms with E-state index in [4.69, 9.17) is 0 Å². The van der Waals surface area contributed by atoms with Crippen molar-refractivity contribution in [1.29, 1.82) is 0 Å². The summed E-state index contributed by atoms with van der Waals surface area (Å²) in [6.07, 6.45) is 7.09.